The molecule has 0 aliphatic carbocycles. The van der Waals surface area contributed by atoms with Crippen molar-refractivity contribution in [3.05, 3.63) is 66.1 Å². The molecule has 0 unspecified atom stereocenters. The lowest BCUT2D eigenvalue weighted by molar-refractivity contribution is -0.147. The molecule has 1 fully saturated rings. The van der Waals surface area contributed by atoms with Crippen LogP contribution in [0.15, 0.2) is 59.0 Å². The van der Waals surface area contributed by atoms with E-state index in [4.69, 9.17) is 18.6 Å². The lowest BCUT2D eigenvalue weighted by atomic mass is 10.2. The predicted octanol–water partition coefficient (Wildman–Crippen LogP) is 4.76. The molecule has 0 N–H and O–H groups in total. The first kappa shape index (κ1) is 22.4. The second kappa shape index (κ2) is 10.2. The topological polar surface area (TPSA) is 91.1 Å². The Balaban J connectivity index is 1.38. The van der Waals surface area contributed by atoms with Crippen molar-refractivity contribution in [2.45, 2.75) is 39.3 Å². The molecule has 4 rings (SSSR count). The molecule has 2 aromatic carbocycles. The quantitative estimate of drug-likeness (QED) is 0.480. The monoisotopic (exact) mass is 450 g/mol. The van der Waals surface area contributed by atoms with E-state index in [1.807, 2.05) is 37.3 Å². The maximum Gasteiger partial charge on any atom is 0.415 e. The molecule has 1 atom stereocenters. The van der Waals surface area contributed by atoms with E-state index in [-0.39, 0.29) is 13.2 Å². The molecule has 2 heterocycles. The molecule has 1 aromatic heterocycles. The highest BCUT2D eigenvalue weighted by Crippen LogP contribution is 2.26. The Morgan fingerprint density at radius 2 is 1.91 bits per heavy atom. The molecular formula is C25H26N2O6. The molecule has 8 heteroatoms. The van der Waals surface area contributed by atoms with Gasteiger partial charge < -0.3 is 18.6 Å². The molecule has 8 nitrogen and oxygen atoms in total. The van der Waals surface area contributed by atoms with Crippen molar-refractivity contribution >= 4 is 12.1 Å². The van der Waals surface area contributed by atoms with Crippen molar-refractivity contribution < 1.29 is 28.2 Å². The number of aryl methyl sites for hydroxylation is 1. The van der Waals surface area contributed by atoms with Gasteiger partial charge in [-0.3, -0.25) is 4.90 Å². The van der Waals surface area contributed by atoms with Crippen molar-refractivity contribution in [1.82, 2.24) is 9.88 Å². The third kappa shape index (κ3) is 5.34. The summed E-state index contributed by atoms with van der Waals surface area (Å²) < 4.78 is 22.2. The molecule has 1 aliphatic rings. The lowest BCUT2D eigenvalue weighted by Crippen LogP contribution is -2.42. The van der Waals surface area contributed by atoms with Crippen LogP contribution in [0.1, 0.15) is 31.2 Å². The number of likely N-dealkylation sites (tertiary alicyclic amines) is 1. The first-order valence-corrected chi connectivity index (χ1v) is 10.9. The van der Waals surface area contributed by atoms with Gasteiger partial charge in [-0.15, -0.1) is 0 Å². The minimum atomic E-state index is -0.606. The highest BCUT2D eigenvalue weighted by atomic mass is 16.6. The van der Waals surface area contributed by atoms with E-state index in [1.165, 1.54) is 4.90 Å². The molecule has 0 bridgehead atoms. The van der Waals surface area contributed by atoms with E-state index in [9.17, 15) is 9.59 Å². The van der Waals surface area contributed by atoms with Crippen LogP contribution in [0, 0.1) is 6.92 Å². The number of oxazole rings is 1. The van der Waals surface area contributed by atoms with Crippen LogP contribution in [0.2, 0.25) is 0 Å². The largest absolute Gasteiger partial charge is 0.487 e. The lowest BCUT2D eigenvalue weighted by Gasteiger charge is -2.22. The van der Waals surface area contributed by atoms with Gasteiger partial charge in [-0.2, -0.15) is 0 Å². The van der Waals surface area contributed by atoms with E-state index in [2.05, 4.69) is 4.98 Å². The van der Waals surface area contributed by atoms with Gasteiger partial charge in [-0.1, -0.05) is 24.3 Å². The Kier molecular flexibility index (Phi) is 6.92. The van der Waals surface area contributed by atoms with Gasteiger partial charge in [0.2, 0.25) is 5.89 Å². The van der Waals surface area contributed by atoms with E-state index in [0.717, 1.165) is 12.0 Å². The van der Waals surface area contributed by atoms with Gasteiger partial charge in [0.15, 0.2) is 0 Å². The number of ether oxygens (including phenoxy) is 3. The fourth-order valence-corrected chi connectivity index (χ4v) is 3.67. The van der Waals surface area contributed by atoms with Crippen LogP contribution in [0.5, 0.6) is 11.5 Å². The summed E-state index contributed by atoms with van der Waals surface area (Å²) in [7, 11) is 0. The highest BCUT2D eigenvalue weighted by Gasteiger charge is 2.36. The zero-order valence-corrected chi connectivity index (χ0v) is 18.7. The van der Waals surface area contributed by atoms with Crippen molar-refractivity contribution in [3.63, 3.8) is 0 Å². The standard InChI is InChI=1S/C25H26N2O6/c1-3-30-24(28)22-13-8-14-27(22)25(29)33-20-12-7-11-19(15-20)31-16-21-17(2)32-23(26-21)18-9-5-4-6-10-18/h4-7,9-12,15,22H,3,8,13-14,16H2,1-2H3/t22-/m1/s1. The molecule has 1 saturated heterocycles. The summed E-state index contributed by atoms with van der Waals surface area (Å²) in [6, 6.07) is 15.8. The minimum absolute atomic E-state index is 0.205. The average molecular weight is 450 g/mol. The number of hydrogen-bond donors (Lipinski definition) is 0. The van der Waals surface area contributed by atoms with Crippen LogP contribution in [0.3, 0.4) is 0 Å². The Morgan fingerprint density at radius 1 is 1.12 bits per heavy atom. The molecule has 1 aliphatic heterocycles. The number of esters is 1. The Bertz CT molecular complexity index is 1110. The number of aromatic nitrogens is 1. The Hall–Kier alpha value is -3.81. The number of nitrogens with zero attached hydrogens (tertiary/aromatic N) is 2. The Labute approximate surface area is 192 Å². The number of benzene rings is 2. The molecule has 0 radical (unpaired) electrons. The van der Waals surface area contributed by atoms with Crippen molar-refractivity contribution in [2.75, 3.05) is 13.2 Å². The zero-order chi connectivity index (χ0) is 23.2. The number of rotatable bonds is 7. The molecule has 172 valence electrons. The average Bonchev–Trinajstić information content (AvgIpc) is 3.46. The van der Waals surface area contributed by atoms with Gasteiger partial charge in [0.05, 0.1) is 6.61 Å². The number of hydrogen-bond acceptors (Lipinski definition) is 7. The molecule has 33 heavy (non-hydrogen) atoms. The first-order chi connectivity index (χ1) is 16.0. The Morgan fingerprint density at radius 3 is 2.70 bits per heavy atom. The van der Waals surface area contributed by atoms with Gasteiger partial charge >= 0.3 is 12.1 Å². The summed E-state index contributed by atoms with van der Waals surface area (Å²) in [6.07, 6.45) is 0.714. The van der Waals surface area contributed by atoms with E-state index >= 15 is 0 Å². The third-order valence-electron chi connectivity index (χ3n) is 5.35. The SMILES string of the molecule is CCOC(=O)[C@H]1CCCN1C(=O)Oc1cccc(OCc2nc(-c3ccccc3)oc2C)c1. The van der Waals surface area contributed by atoms with Crippen LogP contribution < -0.4 is 9.47 Å². The van der Waals surface area contributed by atoms with E-state index < -0.39 is 18.1 Å². The van der Waals surface area contributed by atoms with Gasteiger partial charge in [-0.25, -0.2) is 14.6 Å². The fraction of sp³-hybridized carbons (Fsp3) is 0.320. The van der Waals surface area contributed by atoms with E-state index in [0.29, 0.717) is 41.8 Å². The molecule has 0 saturated carbocycles. The number of amides is 1. The molecule has 3 aromatic rings. The van der Waals surface area contributed by atoms with Crippen LogP contribution in [0.4, 0.5) is 4.79 Å². The van der Waals surface area contributed by atoms with Crippen LogP contribution in [-0.4, -0.2) is 41.1 Å². The zero-order valence-electron chi connectivity index (χ0n) is 18.7. The molecule has 1 amide bonds. The second-order valence-electron chi connectivity index (χ2n) is 7.62. The first-order valence-electron chi connectivity index (χ1n) is 10.9. The summed E-state index contributed by atoms with van der Waals surface area (Å²) in [6.45, 7) is 4.51. The maximum absolute atomic E-state index is 12.6. The summed E-state index contributed by atoms with van der Waals surface area (Å²) in [5.41, 5.74) is 1.58. The summed E-state index contributed by atoms with van der Waals surface area (Å²) >= 11 is 0. The van der Waals surface area contributed by atoms with Crippen molar-refractivity contribution in [2.24, 2.45) is 0 Å². The van der Waals surface area contributed by atoms with Crippen molar-refractivity contribution in [3.8, 4) is 23.0 Å². The summed E-state index contributed by atoms with van der Waals surface area (Å²) in [5, 5.41) is 0. The third-order valence-corrected chi connectivity index (χ3v) is 5.35. The maximum atomic E-state index is 12.6. The molecule has 0 spiro atoms. The van der Waals surface area contributed by atoms with E-state index in [1.54, 1.807) is 31.2 Å². The van der Waals surface area contributed by atoms with Gasteiger partial charge in [0.1, 0.15) is 35.6 Å². The van der Waals surface area contributed by atoms with Crippen LogP contribution >= 0.6 is 0 Å². The van der Waals surface area contributed by atoms with Gasteiger partial charge in [0.25, 0.3) is 0 Å². The smallest absolute Gasteiger partial charge is 0.415 e. The summed E-state index contributed by atoms with van der Waals surface area (Å²) in [4.78, 5) is 30.7. The second-order valence-corrected chi connectivity index (χ2v) is 7.62. The molecular weight excluding hydrogens is 424 g/mol. The predicted molar refractivity (Wildman–Crippen MR) is 120 cm³/mol. The van der Waals surface area contributed by atoms with Gasteiger partial charge in [0, 0.05) is 18.2 Å². The van der Waals surface area contributed by atoms with Crippen molar-refractivity contribution in [1.29, 1.82) is 0 Å². The van der Waals surface area contributed by atoms with Crippen LogP contribution in [-0.2, 0) is 16.1 Å². The summed E-state index contributed by atoms with van der Waals surface area (Å²) in [5.74, 6) is 1.66. The minimum Gasteiger partial charge on any atom is -0.487 e. The number of carbonyl (C=O) groups is 2. The normalized spacial score (nSPS) is 15.3. The van der Waals surface area contributed by atoms with Crippen LogP contribution in [0.25, 0.3) is 11.5 Å². The highest BCUT2D eigenvalue weighted by molar-refractivity contribution is 5.82. The van der Waals surface area contributed by atoms with Gasteiger partial charge in [-0.05, 0) is 51.0 Å². The number of carbonyl (C=O) groups excluding carboxylic acids is 2. The fourth-order valence-electron chi connectivity index (χ4n) is 3.67.